The molecule has 4 rings (SSSR count). The Balaban J connectivity index is 1.35. The fraction of sp³-hybridized carbons (Fsp3) is 0.389. The van der Waals surface area contributed by atoms with Crippen LogP contribution in [0.3, 0.4) is 0 Å². The van der Waals surface area contributed by atoms with Gasteiger partial charge in [-0.2, -0.15) is 4.98 Å². The van der Waals surface area contributed by atoms with Crippen LogP contribution in [0.2, 0.25) is 0 Å². The van der Waals surface area contributed by atoms with Gasteiger partial charge in [-0.3, -0.25) is 9.59 Å². The smallest absolute Gasteiger partial charge is 0.280 e. The first-order chi connectivity index (χ1) is 12.6. The molecular formula is C18H20N4O3S. The van der Waals surface area contributed by atoms with Gasteiger partial charge in [0.15, 0.2) is 0 Å². The quantitative estimate of drug-likeness (QED) is 0.750. The molecule has 2 aromatic rings. The van der Waals surface area contributed by atoms with E-state index in [4.69, 9.17) is 4.74 Å². The number of fused-ring (bicyclic) bond motifs is 2. The van der Waals surface area contributed by atoms with Gasteiger partial charge in [-0.05, 0) is 43.5 Å². The van der Waals surface area contributed by atoms with Crippen molar-refractivity contribution in [3.05, 3.63) is 35.2 Å². The number of amides is 2. The molecule has 0 radical (unpaired) electrons. The van der Waals surface area contributed by atoms with Gasteiger partial charge in [0.1, 0.15) is 11.6 Å². The van der Waals surface area contributed by atoms with Crippen LogP contribution in [-0.4, -0.2) is 34.9 Å². The molecule has 2 amide bonds. The maximum Gasteiger partial charge on any atom is 0.280 e. The minimum atomic E-state index is -0.178. The van der Waals surface area contributed by atoms with E-state index in [1.165, 1.54) is 24.7 Å². The van der Waals surface area contributed by atoms with E-state index in [1.54, 1.807) is 29.6 Å². The lowest BCUT2D eigenvalue weighted by Crippen LogP contribution is -2.42. The van der Waals surface area contributed by atoms with Crippen molar-refractivity contribution in [2.45, 2.75) is 44.3 Å². The zero-order valence-corrected chi connectivity index (χ0v) is 15.1. The number of aromatic nitrogens is 1. The molecule has 3 N–H and O–H groups in total. The van der Waals surface area contributed by atoms with E-state index in [0.29, 0.717) is 34.4 Å². The van der Waals surface area contributed by atoms with E-state index in [1.807, 2.05) is 0 Å². The van der Waals surface area contributed by atoms with Gasteiger partial charge >= 0.3 is 0 Å². The summed E-state index contributed by atoms with van der Waals surface area (Å²) >= 11 is 1.29. The molecular weight excluding hydrogens is 352 g/mol. The van der Waals surface area contributed by atoms with Crippen molar-refractivity contribution in [3.63, 3.8) is 0 Å². The SMILES string of the molecule is CC(=O)Nc1csc(Oc2ccc(C(=O)NC3CC4CCC3N4)cc2)n1. The van der Waals surface area contributed by atoms with Crippen molar-refractivity contribution in [2.75, 3.05) is 5.32 Å². The van der Waals surface area contributed by atoms with Crippen LogP contribution in [0.4, 0.5) is 5.82 Å². The van der Waals surface area contributed by atoms with E-state index < -0.39 is 0 Å². The monoisotopic (exact) mass is 372 g/mol. The van der Waals surface area contributed by atoms with Gasteiger partial charge in [0.25, 0.3) is 11.1 Å². The molecule has 2 bridgehead atoms. The average molecular weight is 372 g/mol. The highest BCUT2D eigenvalue weighted by molar-refractivity contribution is 7.11. The number of nitrogens with zero attached hydrogens (tertiary/aromatic N) is 1. The van der Waals surface area contributed by atoms with Gasteiger partial charge in [0.2, 0.25) is 5.91 Å². The summed E-state index contributed by atoms with van der Waals surface area (Å²) in [5.74, 6) is 0.820. The van der Waals surface area contributed by atoms with Crippen molar-refractivity contribution >= 4 is 29.0 Å². The zero-order chi connectivity index (χ0) is 18.1. The standard InChI is InChI=1S/C18H20N4O3S/c1-10(23)19-16-9-26-18(22-16)25-13-5-2-11(3-6-13)17(24)21-15-8-12-4-7-14(15)20-12/h2-3,5-6,9,12,14-15,20H,4,7-8H2,1H3,(H,19,23)(H,21,24). The first-order valence-electron chi connectivity index (χ1n) is 8.65. The Bertz CT molecular complexity index is 820. The molecule has 2 aliphatic heterocycles. The Kier molecular flexibility index (Phi) is 4.60. The van der Waals surface area contributed by atoms with E-state index in [2.05, 4.69) is 20.9 Å². The van der Waals surface area contributed by atoms with Gasteiger partial charge in [-0.15, -0.1) is 0 Å². The molecule has 2 aliphatic rings. The number of anilines is 1. The van der Waals surface area contributed by atoms with Crippen molar-refractivity contribution in [3.8, 4) is 10.9 Å². The minimum Gasteiger partial charge on any atom is -0.431 e. The molecule has 136 valence electrons. The van der Waals surface area contributed by atoms with Crippen LogP contribution in [-0.2, 0) is 4.79 Å². The first kappa shape index (κ1) is 17.0. The highest BCUT2D eigenvalue weighted by Gasteiger charge is 2.39. The molecule has 1 aromatic carbocycles. The summed E-state index contributed by atoms with van der Waals surface area (Å²) in [7, 11) is 0. The highest BCUT2D eigenvalue weighted by atomic mass is 32.1. The van der Waals surface area contributed by atoms with Crippen molar-refractivity contribution in [1.82, 2.24) is 15.6 Å². The van der Waals surface area contributed by atoms with Crippen LogP contribution >= 0.6 is 11.3 Å². The number of nitrogens with one attached hydrogen (secondary N) is 3. The number of thiazole rings is 1. The predicted octanol–water partition coefficient (Wildman–Crippen LogP) is 2.52. The number of benzene rings is 1. The number of hydrogen-bond donors (Lipinski definition) is 3. The van der Waals surface area contributed by atoms with Crippen LogP contribution in [0.5, 0.6) is 10.9 Å². The summed E-state index contributed by atoms with van der Waals surface area (Å²) in [6.45, 7) is 1.43. The third kappa shape index (κ3) is 3.71. The molecule has 0 saturated carbocycles. The normalized spacial score (nSPS) is 23.7. The molecule has 3 heterocycles. The molecule has 3 unspecified atom stereocenters. The summed E-state index contributed by atoms with van der Waals surface area (Å²) in [4.78, 5) is 27.6. The molecule has 7 nitrogen and oxygen atoms in total. The Hall–Kier alpha value is -2.45. The number of carbonyl (C=O) groups is 2. The zero-order valence-electron chi connectivity index (χ0n) is 14.3. The Morgan fingerprint density at radius 1 is 1.27 bits per heavy atom. The molecule has 8 heteroatoms. The molecule has 3 atom stereocenters. The fourth-order valence-electron chi connectivity index (χ4n) is 3.55. The Morgan fingerprint density at radius 3 is 2.73 bits per heavy atom. The number of carbonyl (C=O) groups excluding carboxylic acids is 2. The molecule has 0 spiro atoms. The van der Waals surface area contributed by atoms with Crippen molar-refractivity contribution in [1.29, 1.82) is 0 Å². The summed E-state index contributed by atoms with van der Waals surface area (Å²) in [5.41, 5.74) is 0.609. The molecule has 2 saturated heterocycles. The maximum absolute atomic E-state index is 12.4. The number of hydrogen-bond acceptors (Lipinski definition) is 6. The summed E-state index contributed by atoms with van der Waals surface area (Å²) in [6, 6.07) is 8.16. The van der Waals surface area contributed by atoms with E-state index in [-0.39, 0.29) is 17.9 Å². The maximum atomic E-state index is 12.4. The summed E-state index contributed by atoms with van der Waals surface area (Å²) in [6.07, 6.45) is 3.36. The van der Waals surface area contributed by atoms with Gasteiger partial charge in [0.05, 0.1) is 0 Å². The lowest BCUT2D eigenvalue weighted by atomic mass is 9.95. The van der Waals surface area contributed by atoms with Crippen molar-refractivity contribution in [2.24, 2.45) is 0 Å². The van der Waals surface area contributed by atoms with Gasteiger partial charge in [0, 0.05) is 36.0 Å². The Morgan fingerprint density at radius 2 is 2.08 bits per heavy atom. The minimum absolute atomic E-state index is 0.0573. The van der Waals surface area contributed by atoms with Crippen LogP contribution in [0, 0.1) is 0 Å². The third-order valence-electron chi connectivity index (χ3n) is 4.73. The summed E-state index contributed by atoms with van der Waals surface area (Å²) < 4.78 is 5.66. The first-order valence-corrected chi connectivity index (χ1v) is 9.53. The van der Waals surface area contributed by atoms with E-state index >= 15 is 0 Å². The van der Waals surface area contributed by atoms with Crippen LogP contribution in [0.25, 0.3) is 0 Å². The fourth-order valence-corrected chi connectivity index (χ4v) is 4.17. The number of rotatable bonds is 5. The lowest BCUT2D eigenvalue weighted by Gasteiger charge is -2.21. The van der Waals surface area contributed by atoms with Gasteiger partial charge in [-0.25, -0.2) is 0 Å². The second kappa shape index (κ2) is 7.05. The summed E-state index contributed by atoms with van der Waals surface area (Å²) in [5, 5.41) is 11.4. The topological polar surface area (TPSA) is 92.3 Å². The van der Waals surface area contributed by atoms with E-state index in [0.717, 1.165) is 12.8 Å². The van der Waals surface area contributed by atoms with Crippen LogP contribution < -0.4 is 20.7 Å². The second-order valence-corrected chi connectivity index (χ2v) is 7.49. The van der Waals surface area contributed by atoms with Gasteiger partial charge < -0.3 is 20.7 Å². The van der Waals surface area contributed by atoms with Crippen LogP contribution in [0.15, 0.2) is 29.6 Å². The molecule has 2 fully saturated rings. The Labute approximate surface area is 155 Å². The van der Waals surface area contributed by atoms with E-state index in [9.17, 15) is 9.59 Å². The average Bonchev–Trinajstić information content (AvgIpc) is 3.32. The molecule has 26 heavy (non-hydrogen) atoms. The predicted molar refractivity (Wildman–Crippen MR) is 98.8 cm³/mol. The van der Waals surface area contributed by atoms with Crippen LogP contribution in [0.1, 0.15) is 36.5 Å². The molecule has 1 aromatic heterocycles. The van der Waals surface area contributed by atoms with Crippen molar-refractivity contribution < 1.29 is 14.3 Å². The third-order valence-corrected chi connectivity index (χ3v) is 5.44. The second-order valence-electron chi connectivity index (χ2n) is 6.67. The largest absolute Gasteiger partial charge is 0.431 e. The van der Waals surface area contributed by atoms with Gasteiger partial charge in [-0.1, -0.05) is 11.3 Å². The molecule has 0 aliphatic carbocycles. The number of ether oxygens (including phenoxy) is 1. The lowest BCUT2D eigenvalue weighted by molar-refractivity contribution is -0.114. The highest BCUT2D eigenvalue weighted by Crippen LogP contribution is 2.29.